The molecule has 0 bridgehead atoms. The van der Waals surface area contributed by atoms with E-state index < -0.39 is 18.3 Å². The van der Waals surface area contributed by atoms with Crippen LogP contribution in [0.4, 0.5) is 13.2 Å². The summed E-state index contributed by atoms with van der Waals surface area (Å²) in [6.45, 7) is 0.487. The zero-order valence-electron chi connectivity index (χ0n) is 14.0. The molecule has 28 heavy (non-hydrogen) atoms. The summed E-state index contributed by atoms with van der Waals surface area (Å²) in [5.74, 6) is 0.661. The Morgan fingerprint density at radius 3 is 2.43 bits per heavy atom. The monoisotopic (exact) mass is 421 g/mol. The van der Waals surface area contributed by atoms with E-state index in [4.69, 9.17) is 0 Å². The van der Waals surface area contributed by atoms with Gasteiger partial charge in [0.1, 0.15) is 11.4 Å². The Kier molecular flexibility index (Phi) is 7.38. The minimum absolute atomic E-state index is 0. The molecule has 0 aliphatic rings. The van der Waals surface area contributed by atoms with E-state index in [1.54, 1.807) is 0 Å². The normalized spacial score (nSPS) is 11.3. The van der Waals surface area contributed by atoms with E-state index in [-0.39, 0.29) is 51.9 Å². The number of hydrogen-bond acceptors (Lipinski definition) is 5. The van der Waals surface area contributed by atoms with Gasteiger partial charge in [0.25, 0.3) is 5.56 Å². The fourth-order valence-corrected chi connectivity index (χ4v) is 3.12. The fraction of sp³-hybridized carbons (Fsp3) is 0.235. The van der Waals surface area contributed by atoms with Gasteiger partial charge in [-0.3, -0.25) is 14.2 Å². The molecule has 0 unspecified atom stereocenters. The molecule has 2 heterocycles. The van der Waals surface area contributed by atoms with Gasteiger partial charge < -0.3 is 9.72 Å². The maximum absolute atomic E-state index is 12.9. The van der Waals surface area contributed by atoms with Crippen molar-refractivity contribution in [2.24, 2.45) is 0 Å². The topological polar surface area (TPSA) is 77.0 Å². The van der Waals surface area contributed by atoms with Crippen LogP contribution in [0.2, 0.25) is 0 Å². The van der Waals surface area contributed by atoms with Gasteiger partial charge in [0.05, 0.1) is 11.1 Å². The van der Waals surface area contributed by atoms with Gasteiger partial charge in [0, 0.05) is 6.07 Å². The van der Waals surface area contributed by atoms with Crippen molar-refractivity contribution in [3.05, 3.63) is 57.1 Å². The van der Waals surface area contributed by atoms with Crippen LogP contribution in [0.5, 0.6) is 5.75 Å². The second kappa shape index (κ2) is 9.17. The SMILES string of the molecule is CCSc1nc2[nH]c(=O)ccc2c(=O)n1-c1ccc(OCC(F)(F)F)cc1.[NaH]. The molecule has 144 valence electrons. The summed E-state index contributed by atoms with van der Waals surface area (Å²) in [7, 11) is 0. The number of pyridine rings is 1. The van der Waals surface area contributed by atoms with Crippen molar-refractivity contribution >= 4 is 52.4 Å². The minimum atomic E-state index is -4.43. The number of halogens is 3. The molecular weight excluding hydrogens is 406 g/mol. The molecule has 6 nitrogen and oxygen atoms in total. The summed E-state index contributed by atoms with van der Waals surface area (Å²) in [6, 6.07) is 8.28. The number of H-pyrrole nitrogens is 1. The molecule has 0 aliphatic carbocycles. The zero-order chi connectivity index (χ0) is 19.6. The quantitative estimate of drug-likeness (QED) is 0.389. The fourth-order valence-electron chi connectivity index (χ4n) is 2.39. The molecule has 0 fully saturated rings. The van der Waals surface area contributed by atoms with Gasteiger partial charge in [0.2, 0.25) is 5.56 Å². The summed E-state index contributed by atoms with van der Waals surface area (Å²) in [4.78, 5) is 31.2. The number of ether oxygens (including phenoxy) is 1. The number of alkyl halides is 3. The van der Waals surface area contributed by atoms with E-state index >= 15 is 0 Å². The van der Waals surface area contributed by atoms with E-state index in [0.29, 0.717) is 16.6 Å². The third-order valence-corrected chi connectivity index (χ3v) is 4.32. The van der Waals surface area contributed by atoms with Crippen LogP contribution in [0.15, 0.2) is 51.1 Å². The number of aromatic amines is 1. The molecular formula is C17H15F3N3NaO3S. The van der Waals surface area contributed by atoms with Gasteiger partial charge in [-0.1, -0.05) is 18.7 Å². The average Bonchev–Trinajstić information content (AvgIpc) is 2.60. The Balaban J connectivity index is 0.00000280. The number of nitrogens with zero attached hydrogens (tertiary/aromatic N) is 2. The molecule has 0 amide bonds. The molecule has 0 saturated heterocycles. The van der Waals surface area contributed by atoms with Crippen molar-refractivity contribution < 1.29 is 17.9 Å². The average molecular weight is 421 g/mol. The Hall–Kier alpha value is -1.75. The summed E-state index contributed by atoms with van der Waals surface area (Å²) >= 11 is 1.30. The Labute approximate surface area is 183 Å². The maximum atomic E-state index is 12.9. The molecule has 11 heteroatoms. The van der Waals surface area contributed by atoms with Crippen molar-refractivity contribution in [2.45, 2.75) is 18.3 Å². The molecule has 0 aliphatic heterocycles. The van der Waals surface area contributed by atoms with Crippen molar-refractivity contribution in [3.8, 4) is 11.4 Å². The molecule has 3 aromatic rings. The number of fused-ring (bicyclic) bond motifs is 1. The first-order valence-corrected chi connectivity index (χ1v) is 8.86. The van der Waals surface area contributed by atoms with Crippen LogP contribution in [-0.2, 0) is 0 Å². The van der Waals surface area contributed by atoms with Gasteiger partial charge in [0.15, 0.2) is 11.8 Å². The van der Waals surface area contributed by atoms with Crippen LogP contribution in [0.25, 0.3) is 16.7 Å². The van der Waals surface area contributed by atoms with Crippen LogP contribution >= 0.6 is 11.8 Å². The number of benzene rings is 1. The molecule has 0 atom stereocenters. The zero-order valence-corrected chi connectivity index (χ0v) is 14.9. The number of aromatic nitrogens is 3. The molecule has 0 saturated carbocycles. The second-order valence-corrected chi connectivity index (χ2v) is 6.68. The van der Waals surface area contributed by atoms with Crippen molar-refractivity contribution in [2.75, 3.05) is 12.4 Å². The van der Waals surface area contributed by atoms with Crippen molar-refractivity contribution in [1.82, 2.24) is 14.5 Å². The predicted molar refractivity (Wildman–Crippen MR) is 103 cm³/mol. The molecule has 0 spiro atoms. The van der Waals surface area contributed by atoms with Gasteiger partial charge in [-0.25, -0.2) is 4.98 Å². The van der Waals surface area contributed by atoms with Crippen molar-refractivity contribution in [1.29, 1.82) is 0 Å². The summed E-state index contributed by atoms with van der Waals surface area (Å²) in [5, 5.41) is 0.591. The first-order valence-electron chi connectivity index (χ1n) is 7.87. The van der Waals surface area contributed by atoms with Gasteiger partial charge in [-0.2, -0.15) is 13.2 Å². The molecule has 2 aromatic heterocycles. The number of thioether (sulfide) groups is 1. The Bertz CT molecular complexity index is 1080. The number of rotatable bonds is 5. The van der Waals surface area contributed by atoms with Crippen LogP contribution in [0, 0.1) is 0 Å². The van der Waals surface area contributed by atoms with Crippen LogP contribution < -0.4 is 15.9 Å². The first kappa shape index (κ1) is 22.5. The molecule has 0 radical (unpaired) electrons. The van der Waals surface area contributed by atoms with E-state index in [9.17, 15) is 22.8 Å². The van der Waals surface area contributed by atoms with Gasteiger partial charge in [-0.05, 0) is 36.1 Å². The second-order valence-electron chi connectivity index (χ2n) is 5.45. The predicted octanol–water partition coefficient (Wildman–Crippen LogP) is 2.48. The third-order valence-electron chi connectivity index (χ3n) is 3.50. The number of hydrogen-bond donors (Lipinski definition) is 1. The van der Waals surface area contributed by atoms with Crippen LogP contribution in [0.1, 0.15) is 6.92 Å². The Morgan fingerprint density at radius 2 is 1.82 bits per heavy atom. The van der Waals surface area contributed by atoms with Crippen LogP contribution in [-0.4, -0.2) is 62.6 Å². The summed E-state index contributed by atoms with van der Waals surface area (Å²) in [6.07, 6.45) is -4.43. The van der Waals surface area contributed by atoms with Crippen LogP contribution in [0.3, 0.4) is 0 Å². The molecule has 1 aromatic carbocycles. The van der Waals surface area contributed by atoms with E-state index in [0.717, 1.165) is 0 Å². The molecule has 3 rings (SSSR count). The first-order chi connectivity index (χ1) is 12.8. The molecule has 1 N–H and O–H groups in total. The summed E-state index contributed by atoms with van der Waals surface area (Å²) in [5.41, 5.74) is -0.150. The standard InChI is InChI=1S/C17H14F3N3O3S.Na.H/c1-2-27-16-22-14-12(7-8-13(24)21-14)15(25)23(16)10-3-5-11(6-4-10)26-9-17(18,19)20;;/h3-8H,2,9H2,1H3,(H,21,24);;. The van der Waals surface area contributed by atoms with Gasteiger partial charge in [-0.15, -0.1) is 0 Å². The summed E-state index contributed by atoms with van der Waals surface area (Å²) < 4.78 is 42.8. The van der Waals surface area contributed by atoms with E-state index in [2.05, 4.69) is 14.7 Å². The van der Waals surface area contributed by atoms with E-state index in [1.807, 2.05) is 6.92 Å². The van der Waals surface area contributed by atoms with E-state index in [1.165, 1.54) is 52.7 Å². The van der Waals surface area contributed by atoms with Crippen molar-refractivity contribution in [3.63, 3.8) is 0 Å². The number of nitrogens with one attached hydrogen (secondary N) is 1. The third kappa shape index (κ3) is 5.19. The van der Waals surface area contributed by atoms with Gasteiger partial charge >= 0.3 is 35.7 Å². The Morgan fingerprint density at radius 1 is 1.14 bits per heavy atom.